The highest BCUT2D eigenvalue weighted by Gasteiger charge is 2.60. The summed E-state index contributed by atoms with van der Waals surface area (Å²) < 4.78 is 73.5. The van der Waals surface area contributed by atoms with Crippen molar-refractivity contribution in [1.82, 2.24) is 34.5 Å². The van der Waals surface area contributed by atoms with Crippen molar-refractivity contribution in [3.05, 3.63) is 52.8 Å². The third-order valence-corrected chi connectivity index (χ3v) is 13.5. The van der Waals surface area contributed by atoms with Crippen molar-refractivity contribution in [1.29, 1.82) is 5.26 Å². The fourth-order valence-corrected chi connectivity index (χ4v) is 10.8. The molecule has 3 aromatic heterocycles. The molecule has 1 amide bonds. The van der Waals surface area contributed by atoms with Gasteiger partial charge in [-0.15, -0.1) is 16.4 Å². The first-order chi connectivity index (χ1) is 27.4. The van der Waals surface area contributed by atoms with Crippen LogP contribution in [0.4, 0.5) is 33.2 Å². The number of nitrogens with zero attached hydrogens (tertiary/aromatic N) is 9. The summed E-state index contributed by atoms with van der Waals surface area (Å²) in [5.74, 6) is -1.29. The van der Waals surface area contributed by atoms with Crippen LogP contribution in [0.1, 0.15) is 37.7 Å². The number of likely N-dealkylation sites (tertiary alicyclic amines) is 1. The van der Waals surface area contributed by atoms with Crippen LogP contribution in [0.2, 0.25) is 5.02 Å². The number of halogens is 5. The van der Waals surface area contributed by atoms with Crippen LogP contribution in [0.25, 0.3) is 32.1 Å². The first-order valence-corrected chi connectivity index (χ1v) is 19.8. The van der Waals surface area contributed by atoms with Gasteiger partial charge in [-0.3, -0.25) is 4.90 Å². The molecular weight excluding hydrogens is 788 g/mol. The van der Waals surface area contributed by atoms with Crippen molar-refractivity contribution < 1.29 is 31.8 Å². The number of benzene rings is 2. The lowest BCUT2D eigenvalue weighted by Crippen LogP contribution is -2.66. The Balaban J connectivity index is 1.12. The molecule has 1 saturated carbocycles. The van der Waals surface area contributed by atoms with Gasteiger partial charge in [0.25, 0.3) is 0 Å². The number of nitrogen functional groups attached to an aromatic ring is 1. The summed E-state index contributed by atoms with van der Waals surface area (Å²) in [6, 6.07) is 5.15. The number of hydrogen-bond donors (Lipinski definition) is 1. The molecule has 0 unspecified atom stereocenters. The van der Waals surface area contributed by atoms with Crippen molar-refractivity contribution in [2.45, 2.75) is 49.9 Å². The van der Waals surface area contributed by atoms with Gasteiger partial charge in [0.05, 0.1) is 27.4 Å². The standard InChI is InChI=1S/C38H37ClF4N10O3S/c1-50(13-19-14-52(31(19)37(7-8-37)16-55-2)36(54)53-18-46-34(43)49-53)33-22-10-24(39)27(21-4-5-25(41)30-26(21)23(12-44)32(45)57-30)28(42)29(22)47-35(48-33)56-17-38-6-3-9-51(38)15-20(40)11-38/h4-5,10,18-20,31H,3,6-9,11,13-17,45H2,1-2H3/t19-,20-,31+,38+/m1/s1. The van der Waals surface area contributed by atoms with Gasteiger partial charge in [-0.2, -0.15) is 29.3 Å². The zero-order valence-electron chi connectivity index (χ0n) is 30.9. The van der Waals surface area contributed by atoms with Crippen LogP contribution in [0.3, 0.4) is 0 Å². The third kappa shape index (κ3) is 6.12. The molecule has 3 aliphatic heterocycles. The highest BCUT2D eigenvalue weighted by atomic mass is 35.5. The monoisotopic (exact) mass is 824 g/mol. The van der Waals surface area contributed by atoms with Crippen LogP contribution in [0.15, 0.2) is 24.5 Å². The fraction of sp³-hybridized carbons (Fsp3) is 0.474. The molecule has 1 aliphatic carbocycles. The van der Waals surface area contributed by atoms with E-state index in [1.807, 2.05) is 11.0 Å². The predicted octanol–water partition coefficient (Wildman–Crippen LogP) is 6.41. The summed E-state index contributed by atoms with van der Waals surface area (Å²) in [6.45, 7) is 2.21. The van der Waals surface area contributed by atoms with Gasteiger partial charge in [-0.1, -0.05) is 17.7 Å². The Labute approximate surface area is 332 Å². The van der Waals surface area contributed by atoms with E-state index in [-0.39, 0.29) is 83.5 Å². The number of ether oxygens (including phenoxy) is 2. The van der Waals surface area contributed by atoms with Crippen molar-refractivity contribution in [2.75, 3.05) is 64.2 Å². The Morgan fingerprint density at radius 1 is 1.19 bits per heavy atom. The van der Waals surface area contributed by atoms with Gasteiger partial charge in [0.15, 0.2) is 5.82 Å². The van der Waals surface area contributed by atoms with E-state index in [1.165, 1.54) is 18.2 Å². The molecule has 4 fully saturated rings. The summed E-state index contributed by atoms with van der Waals surface area (Å²) in [5, 5.41) is 14.0. The number of carbonyl (C=O) groups is 1. The molecule has 0 radical (unpaired) electrons. The number of hydrogen-bond acceptors (Lipinski definition) is 12. The van der Waals surface area contributed by atoms with E-state index in [4.69, 9.17) is 31.8 Å². The van der Waals surface area contributed by atoms with E-state index in [1.54, 1.807) is 19.1 Å². The van der Waals surface area contributed by atoms with Gasteiger partial charge in [0, 0.05) is 73.9 Å². The topological polar surface area (TPSA) is 152 Å². The maximum Gasteiger partial charge on any atom is 0.346 e. The number of aromatic nitrogens is 5. The molecule has 2 aromatic carbocycles. The molecule has 0 spiro atoms. The number of amides is 1. The van der Waals surface area contributed by atoms with Crippen LogP contribution >= 0.6 is 22.9 Å². The zero-order valence-corrected chi connectivity index (χ0v) is 32.5. The van der Waals surface area contributed by atoms with E-state index in [0.29, 0.717) is 32.7 Å². The second-order valence-corrected chi connectivity index (χ2v) is 17.1. The summed E-state index contributed by atoms with van der Waals surface area (Å²) in [7, 11) is 3.39. The normalized spacial score (nSPS) is 23.8. The molecule has 13 nitrogen and oxygen atoms in total. The molecule has 4 atom stereocenters. The number of thiophene rings is 1. The van der Waals surface area contributed by atoms with Crippen LogP contribution in [0, 0.1) is 40.4 Å². The minimum Gasteiger partial charge on any atom is -0.461 e. The lowest BCUT2D eigenvalue weighted by molar-refractivity contribution is -0.0239. The summed E-state index contributed by atoms with van der Waals surface area (Å²) in [6.07, 6.45) is 2.60. The number of methoxy groups -OCH3 is 1. The molecule has 4 aliphatic rings. The van der Waals surface area contributed by atoms with E-state index in [2.05, 4.69) is 20.0 Å². The van der Waals surface area contributed by atoms with Gasteiger partial charge in [-0.25, -0.2) is 18.0 Å². The van der Waals surface area contributed by atoms with E-state index in [9.17, 15) is 18.8 Å². The summed E-state index contributed by atoms with van der Waals surface area (Å²) in [4.78, 5) is 31.9. The quantitative estimate of drug-likeness (QED) is 0.156. The Kier molecular flexibility index (Phi) is 9.22. The smallest absolute Gasteiger partial charge is 0.346 e. The fourth-order valence-electron chi connectivity index (χ4n) is 9.56. The highest BCUT2D eigenvalue weighted by molar-refractivity contribution is 7.23. The van der Waals surface area contributed by atoms with Crippen LogP contribution in [0.5, 0.6) is 6.01 Å². The molecule has 19 heteroatoms. The van der Waals surface area contributed by atoms with E-state index < -0.39 is 35.5 Å². The van der Waals surface area contributed by atoms with E-state index >= 15 is 8.78 Å². The molecule has 5 aromatic rings. The van der Waals surface area contributed by atoms with Crippen molar-refractivity contribution >= 4 is 60.8 Å². The maximum absolute atomic E-state index is 17.3. The highest BCUT2D eigenvalue weighted by Crippen LogP contribution is 2.56. The maximum atomic E-state index is 17.3. The molecule has 57 heavy (non-hydrogen) atoms. The Morgan fingerprint density at radius 2 is 2.00 bits per heavy atom. The van der Waals surface area contributed by atoms with Crippen molar-refractivity contribution in [3.63, 3.8) is 0 Å². The number of anilines is 2. The molecule has 3 saturated heterocycles. The van der Waals surface area contributed by atoms with Crippen LogP contribution in [-0.2, 0) is 4.74 Å². The predicted molar refractivity (Wildman–Crippen MR) is 205 cm³/mol. The zero-order chi connectivity index (χ0) is 40.0. The van der Waals surface area contributed by atoms with Gasteiger partial charge in [0.1, 0.15) is 47.3 Å². The first-order valence-electron chi connectivity index (χ1n) is 18.6. The van der Waals surface area contributed by atoms with Gasteiger partial charge in [0.2, 0.25) is 0 Å². The Hall–Kier alpha value is -4.83. The number of alkyl halides is 1. The minimum atomic E-state index is -1.01. The largest absolute Gasteiger partial charge is 0.461 e. The lowest BCUT2D eigenvalue weighted by atomic mass is 9.77. The minimum absolute atomic E-state index is 0.00809. The van der Waals surface area contributed by atoms with E-state index in [0.717, 1.165) is 54.6 Å². The SMILES string of the molecule is COCC1([C@@H]2[C@H](CN(C)c3nc(OC[C@@]45CCCN4C[C@H](F)C5)nc4c(F)c(-c5ccc(F)c6sc(N)c(C#N)c56)c(Cl)cc34)CN2C(=O)n2cnc(F)n2)CC1. The average molecular weight is 825 g/mol. The van der Waals surface area contributed by atoms with Gasteiger partial charge < -0.3 is 25.0 Å². The second kappa shape index (κ2) is 13.9. The van der Waals surface area contributed by atoms with Crippen LogP contribution in [-0.4, -0.2) is 112 Å². The molecule has 2 N–H and O–H groups in total. The van der Waals surface area contributed by atoms with Gasteiger partial charge >= 0.3 is 18.1 Å². The molecule has 298 valence electrons. The number of fused-ring (bicyclic) bond motifs is 3. The lowest BCUT2D eigenvalue weighted by Gasteiger charge is -2.52. The average Bonchev–Trinajstić information content (AvgIpc) is 3.44. The van der Waals surface area contributed by atoms with Crippen molar-refractivity contribution in [3.8, 4) is 23.2 Å². The van der Waals surface area contributed by atoms with Crippen molar-refractivity contribution in [2.24, 2.45) is 11.3 Å². The number of nitrogens with two attached hydrogens (primary N) is 1. The first kappa shape index (κ1) is 37.7. The third-order valence-electron chi connectivity index (χ3n) is 12.2. The molecule has 6 heterocycles. The van der Waals surface area contributed by atoms with Gasteiger partial charge in [-0.05, 0) is 49.9 Å². The Bertz CT molecular complexity index is 2490. The number of nitriles is 1. The Morgan fingerprint density at radius 3 is 2.72 bits per heavy atom. The summed E-state index contributed by atoms with van der Waals surface area (Å²) >= 11 is 7.81. The molecule has 0 bridgehead atoms. The molecule has 9 rings (SSSR count). The molecular formula is C38H37ClF4N10O3S. The second-order valence-electron chi connectivity index (χ2n) is 15.7. The number of carbonyl (C=O) groups excluding carboxylic acids is 1. The van der Waals surface area contributed by atoms with Crippen LogP contribution < -0.4 is 15.4 Å². The summed E-state index contributed by atoms with van der Waals surface area (Å²) in [5.41, 5.74) is 5.17. The number of rotatable bonds is 10.